The van der Waals surface area contributed by atoms with Gasteiger partial charge in [0.15, 0.2) is 0 Å². The van der Waals surface area contributed by atoms with Crippen LogP contribution in [0.3, 0.4) is 0 Å². The Kier molecular flexibility index (Phi) is 4.71. The van der Waals surface area contributed by atoms with Gasteiger partial charge in [-0.1, -0.05) is 0 Å². The van der Waals surface area contributed by atoms with Gasteiger partial charge in [-0.15, -0.1) is 0 Å². The highest BCUT2D eigenvalue weighted by Crippen LogP contribution is 2.39. The third kappa shape index (κ3) is 4.11. The van der Waals surface area contributed by atoms with E-state index in [9.17, 15) is 36.2 Å². The molecule has 1 saturated heterocycles. The van der Waals surface area contributed by atoms with Crippen molar-refractivity contribution >= 4 is 5.97 Å². The van der Waals surface area contributed by atoms with Crippen molar-refractivity contribution in [2.75, 3.05) is 13.1 Å². The van der Waals surface area contributed by atoms with Gasteiger partial charge in [0.1, 0.15) is 5.75 Å². The number of carboxylic acids is 1. The standard InChI is InChI=1S/C14H13F6NO3/c15-13(16,17)8-1-7(2-9(22)3-8)4-21-5-10(12(23)24)11(6-21)14(18,19)20/h1-3,10-11,22H,4-6H2,(H,23,24)/t10-,11-/m1/s1. The number of carboxylic acid groups (broad SMARTS) is 1. The molecule has 1 heterocycles. The maximum atomic E-state index is 12.9. The van der Waals surface area contributed by atoms with Gasteiger partial charge in [-0.05, 0) is 23.8 Å². The number of likely N-dealkylation sites (tertiary alicyclic amines) is 1. The monoisotopic (exact) mass is 357 g/mol. The lowest BCUT2D eigenvalue weighted by Gasteiger charge is -2.19. The number of carbonyl (C=O) groups is 1. The molecule has 2 rings (SSSR count). The number of aromatic hydroxyl groups is 1. The van der Waals surface area contributed by atoms with Gasteiger partial charge in [0.2, 0.25) is 0 Å². The van der Waals surface area contributed by atoms with E-state index in [0.29, 0.717) is 6.07 Å². The van der Waals surface area contributed by atoms with Crippen molar-refractivity contribution in [3.05, 3.63) is 29.3 Å². The normalized spacial score (nSPS) is 22.8. The summed E-state index contributed by atoms with van der Waals surface area (Å²) in [6.07, 6.45) is -9.43. The summed E-state index contributed by atoms with van der Waals surface area (Å²) < 4.78 is 76.8. The predicted molar refractivity (Wildman–Crippen MR) is 69.1 cm³/mol. The van der Waals surface area contributed by atoms with Gasteiger partial charge >= 0.3 is 18.3 Å². The number of nitrogens with zero attached hydrogens (tertiary/aromatic N) is 1. The van der Waals surface area contributed by atoms with Crippen LogP contribution in [0.1, 0.15) is 11.1 Å². The van der Waals surface area contributed by atoms with Gasteiger partial charge in [-0.3, -0.25) is 9.69 Å². The number of alkyl halides is 6. The second-order valence-corrected chi connectivity index (χ2v) is 5.67. The van der Waals surface area contributed by atoms with Gasteiger partial charge in [0.25, 0.3) is 0 Å². The molecule has 0 saturated carbocycles. The number of phenols is 1. The summed E-state index contributed by atoms with van der Waals surface area (Å²) in [5.41, 5.74) is -1.17. The van der Waals surface area contributed by atoms with Crippen molar-refractivity contribution in [2.24, 2.45) is 11.8 Å². The largest absolute Gasteiger partial charge is 0.508 e. The molecular formula is C14H13F6NO3. The van der Waals surface area contributed by atoms with Gasteiger partial charge in [-0.2, -0.15) is 26.3 Å². The van der Waals surface area contributed by atoms with E-state index in [1.807, 2.05) is 0 Å². The SMILES string of the molecule is O=C(O)[C@@H]1CN(Cc2cc(O)cc(C(F)(F)F)c2)C[C@H]1C(F)(F)F. The summed E-state index contributed by atoms with van der Waals surface area (Å²) in [5, 5.41) is 18.3. The number of halogens is 6. The Hall–Kier alpha value is -1.97. The van der Waals surface area contributed by atoms with Crippen LogP contribution >= 0.6 is 0 Å². The van der Waals surface area contributed by atoms with Crippen LogP contribution in [-0.4, -0.2) is 40.3 Å². The fraction of sp³-hybridized carbons (Fsp3) is 0.500. The Morgan fingerprint density at radius 3 is 2.21 bits per heavy atom. The summed E-state index contributed by atoms with van der Waals surface area (Å²) in [4.78, 5) is 12.1. The van der Waals surface area contributed by atoms with Crippen LogP contribution in [0.2, 0.25) is 0 Å². The number of rotatable bonds is 3. The van der Waals surface area contributed by atoms with Crippen LogP contribution in [0.4, 0.5) is 26.3 Å². The smallest absolute Gasteiger partial charge is 0.416 e. The Morgan fingerprint density at radius 1 is 1.12 bits per heavy atom. The van der Waals surface area contributed by atoms with Crippen LogP contribution in [0, 0.1) is 11.8 Å². The van der Waals surface area contributed by atoms with E-state index in [-0.39, 0.29) is 12.1 Å². The first-order valence-corrected chi connectivity index (χ1v) is 6.80. The van der Waals surface area contributed by atoms with Crippen LogP contribution in [0.5, 0.6) is 5.75 Å². The molecular weight excluding hydrogens is 344 g/mol. The van der Waals surface area contributed by atoms with E-state index in [1.54, 1.807) is 0 Å². The first kappa shape index (κ1) is 18.4. The Balaban J connectivity index is 2.20. The van der Waals surface area contributed by atoms with Gasteiger partial charge < -0.3 is 10.2 Å². The molecule has 2 N–H and O–H groups in total. The zero-order valence-electron chi connectivity index (χ0n) is 12.0. The number of hydrogen-bond acceptors (Lipinski definition) is 3. The highest BCUT2D eigenvalue weighted by molar-refractivity contribution is 5.71. The van der Waals surface area contributed by atoms with Crippen molar-refractivity contribution in [1.29, 1.82) is 0 Å². The molecule has 0 bridgehead atoms. The zero-order chi connectivity index (χ0) is 18.3. The highest BCUT2D eigenvalue weighted by Gasteiger charge is 2.52. The zero-order valence-corrected chi connectivity index (χ0v) is 12.0. The number of benzene rings is 1. The summed E-state index contributed by atoms with van der Waals surface area (Å²) in [6.45, 7) is -1.39. The van der Waals surface area contributed by atoms with E-state index in [4.69, 9.17) is 5.11 Å². The van der Waals surface area contributed by atoms with Crippen molar-refractivity contribution in [1.82, 2.24) is 4.90 Å². The third-order valence-corrected chi connectivity index (χ3v) is 3.84. The van der Waals surface area contributed by atoms with Gasteiger partial charge in [0.05, 0.1) is 17.4 Å². The van der Waals surface area contributed by atoms with Crippen molar-refractivity contribution in [3.8, 4) is 5.75 Å². The minimum Gasteiger partial charge on any atom is -0.508 e. The maximum absolute atomic E-state index is 12.9. The number of hydrogen-bond donors (Lipinski definition) is 2. The third-order valence-electron chi connectivity index (χ3n) is 3.84. The molecule has 0 unspecified atom stereocenters. The second-order valence-electron chi connectivity index (χ2n) is 5.67. The van der Waals surface area contributed by atoms with Crippen molar-refractivity contribution in [2.45, 2.75) is 18.9 Å². The lowest BCUT2D eigenvalue weighted by Crippen LogP contribution is -2.33. The molecule has 1 aliphatic rings. The highest BCUT2D eigenvalue weighted by atomic mass is 19.4. The van der Waals surface area contributed by atoms with E-state index in [2.05, 4.69) is 0 Å². The summed E-state index contributed by atoms with van der Waals surface area (Å²) in [6, 6.07) is 2.23. The summed E-state index contributed by atoms with van der Waals surface area (Å²) in [5.74, 6) is -6.04. The lowest BCUT2D eigenvalue weighted by molar-refractivity contribution is -0.188. The van der Waals surface area contributed by atoms with Crippen LogP contribution < -0.4 is 0 Å². The fourth-order valence-electron chi connectivity index (χ4n) is 2.78. The molecule has 0 amide bonds. The second kappa shape index (κ2) is 6.15. The summed E-state index contributed by atoms with van der Waals surface area (Å²) >= 11 is 0. The van der Waals surface area contributed by atoms with Crippen LogP contribution in [0.15, 0.2) is 18.2 Å². The predicted octanol–water partition coefficient (Wildman–Crippen LogP) is 3.11. The minimum absolute atomic E-state index is 0.0470. The first-order chi connectivity index (χ1) is 10.9. The molecule has 10 heteroatoms. The molecule has 0 aromatic heterocycles. The molecule has 0 radical (unpaired) electrons. The van der Waals surface area contributed by atoms with E-state index >= 15 is 0 Å². The lowest BCUT2D eigenvalue weighted by atomic mass is 9.96. The molecule has 0 spiro atoms. The first-order valence-electron chi connectivity index (χ1n) is 6.80. The Bertz CT molecular complexity index is 628. The molecule has 4 nitrogen and oxygen atoms in total. The average Bonchev–Trinajstić information content (AvgIpc) is 2.81. The van der Waals surface area contributed by atoms with E-state index < -0.39 is 54.6 Å². The van der Waals surface area contributed by atoms with E-state index in [0.717, 1.165) is 17.0 Å². The average molecular weight is 357 g/mol. The van der Waals surface area contributed by atoms with Crippen LogP contribution in [0.25, 0.3) is 0 Å². The minimum atomic E-state index is -4.71. The fourth-order valence-corrected chi connectivity index (χ4v) is 2.78. The van der Waals surface area contributed by atoms with Crippen molar-refractivity contribution < 1.29 is 41.4 Å². The summed E-state index contributed by atoms with van der Waals surface area (Å²) in [7, 11) is 0. The number of phenolic OH excluding ortho intramolecular Hbond substituents is 1. The molecule has 2 atom stereocenters. The quantitative estimate of drug-likeness (QED) is 0.817. The number of aliphatic carboxylic acids is 1. The molecule has 1 fully saturated rings. The van der Waals surface area contributed by atoms with Crippen molar-refractivity contribution in [3.63, 3.8) is 0 Å². The van der Waals surface area contributed by atoms with Gasteiger partial charge in [0, 0.05) is 19.6 Å². The van der Waals surface area contributed by atoms with Gasteiger partial charge in [-0.25, -0.2) is 0 Å². The molecule has 1 aromatic rings. The molecule has 134 valence electrons. The Labute approximate surface area is 132 Å². The Morgan fingerprint density at radius 2 is 1.75 bits per heavy atom. The molecule has 0 aliphatic carbocycles. The molecule has 1 aliphatic heterocycles. The van der Waals surface area contributed by atoms with E-state index in [1.165, 1.54) is 0 Å². The topological polar surface area (TPSA) is 60.8 Å². The maximum Gasteiger partial charge on any atom is 0.416 e. The van der Waals surface area contributed by atoms with Crippen LogP contribution in [-0.2, 0) is 17.5 Å². The molecule has 1 aromatic carbocycles. The molecule has 24 heavy (non-hydrogen) atoms.